The first-order valence-electron chi connectivity index (χ1n) is 12.9. The molecule has 3 aromatic rings. The highest BCUT2D eigenvalue weighted by atomic mass is 16.2. The van der Waals surface area contributed by atoms with Crippen LogP contribution in [0.5, 0.6) is 0 Å². The third-order valence-electron chi connectivity index (χ3n) is 7.74. The molecule has 1 aliphatic carbocycles. The maximum Gasteiger partial charge on any atom is 0.240 e. The topological polar surface area (TPSA) is 46.1 Å². The Hall–Kier alpha value is -2.59. The second kappa shape index (κ2) is 10.1. The molecule has 0 radical (unpaired) electrons. The van der Waals surface area contributed by atoms with Crippen molar-refractivity contribution in [3.63, 3.8) is 0 Å². The summed E-state index contributed by atoms with van der Waals surface area (Å²) < 4.78 is 2.11. The first-order chi connectivity index (χ1) is 16.2. The first kappa shape index (κ1) is 22.2. The van der Waals surface area contributed by atoms with E-state index >= 15 is 0 Å². The van der Waals surface area contributed by atoms with E-state index in [1.807, 2.05) is 0 Å². The summed E-state index contributed by atoms with van der Waals surface area (Å²) in [4.78, 5) is 13.3. The molecule has 2 fully saturated rings. The highest BCUT2D eigenvalue weighted by Gasteiger charge is 2.32. The van der Waals surface area contributed by atoms with E-state index in [0.717, 1.165) is 12.1 Å². The quantitative estimate of drug-likeness (QED) is 0.504. The van der Waals surface area contributed by atoms with E-state index in [9.17, 15) is 4.79 Å². The van der Waals surface area contributed by atoms with Gasteiger partial charge in [-0.15, -0.1) is 0 Å². The number of aromatic nitrogens is 1. The fraction of sp³-hybridized carbons (Fsp3) is 0.483. The summed E-state index contributed by atoms with van der Waals surface area (Å²) in [6, 6.07) is 18.0. The number of hydrogen-bond acceptors (Lipinski definition) is 2. The third-order valence-corrected chi connectivity index (χ3v) is 7.74. The third kappa shape index (κ3) is 5.16. The minimum absolute atomic E-state index is 0.135. The van der Waals surface area contributed by atoms with Crippen molar-refractivity contribution in [2.75, 3.05) is 6.54 Å². The summed E-state index contributed by atoms with van der Waals surface area (Å²) in [5.41, 5.74) is 4.78. The van der Waals surface area contributed by atoms with E-state index in [2.05, 4.69) is 76.9 Å². The number of piperidine rings is 1. The van der Waals surface area contributed by atoms with Gasteiger partial charge in [-0.05, 0) is 73.7 Å². The molecule has 1 saturated carbocycles. The van der Waals surface area contributed by atoms with Gasteiger partial charge in [-0.3, -0.25) is 4.79 Å². The van der Waals surface area contributed by atoms with Crippen LogP contribution in [0.1, 0.15) is 56.9 Å². The lowest BCUT2D eigenvalue weighted by atomic mass is 9.79. The van der Waals surface area contributed by atoms with Crippen molar-refractivity contribution in [2.24, 2.45) is 5.92 Å². The molecule has 2 N–H and O–H groups in total. The van der Waals surface area contributed by atoms with E-state index in [0.29, 0.717) is 18.5 Å². The number of nitrogens with one attached hydrogen (secondary N) is 2. The van der Waals surface area contributed by atoms with E-state index in [1.165, 1.54) is 73.4 Å². The summed E-state index contributed by atoms with van der Waals surface area (Å²) in [5, 5.41) is 8.39. The number of amides is 1. The molecule has 2 aliphatic rings. The smallest absolute Gasteiger partial charge is 0.240 e. The van der Waals surface area contributed by atoms with Crippen molar-refractivity contribution in [1.82, 2.24) is 15.2 Å². The second-order valence-electron chi connectivity index (χ2n) is 10.1. The molecule has 2 atom stereocenters. The van der Waals surface area contributed by atoms with E-state index in [4.69, 9.17) is 0 Å². The first-order valence-corrected chi connectivity index (χ1v) is 12.9. The second-order valence-corrected chi connectivity index (χ2v) is 10.1. The van der Waals surface area contributed by atoms with Crippen LogP contribution in [0.3, 0.4) is 0 Å². The number of carbonyl (C=O) groups is 1. The maximum atomic E-state index is 13.3. The zero-order valence-corrected chi connectivity index (χ0v) is 19.9. The monoisotopic (exact) mass is 443 g/mol. The predicted molar refractivity (Wildman–Crippen MR) is 136 cm³/mol. The van der Waals surface area contributed by atoms with Gasteiger partial charge in [0.2, 0.25) is 5.91 Å². The molecule has 4 nitrogen and oxygen atoms in total. The van der Waals surface area contributed by atoms with Gasteiger partial charge in [0.05, 0.1) is 0 Å². The van der Waals surface area contributed by atoms with Gasteiger partial charge >= 0.3 is 0 Å². The number of fused-ring (bicyclic) bond motifs is 1. The van der Waals surface area contributed by atoms with Gasteiger partial charge in [-0.2, -0.15) is 0 Å². The Bertz CT molecular complexity index is 1050. The number of rotatable bonds is 6. The summed E-state index contributed by atoms with van der Waals surface area (Å²) in [6.07, 6.45) is 12.2. The van der Waals surface area contributed by atoms with Crippen LogP contribution in [0, 0.1) is 12.8 Å². The minimum atomic E-state index is 0.135. The molecular weight excluding hydrogens is 406 g/mol. The van der Waals surface area contributed by atoms with Crippen LogP contribution >= 0.6 is 0 Å². The van der Waals surface area contributed by atoms with Crippen LogP contribution in [0.2, 0.25) is 0 Å². The molecule has 4 heteroatoms. The highest BCUT2D eigenvalue weighted by molar-refractivity contribution is 5.87. The van der Waals surface area contributed by atoms with Gasteiger partial charge in [0.1, 0.15) is 6.54 Å². The molecule has 174 valence electrons. The SMILES string of the molecule is Cc1ccc(-c2ccc3ccn(CC(=O)NC(C4CCCCC4)C4CCCCN4)c3c2)cc1. The normalized spacial score (nSPS) is 20.6. The lowest BCUT2D eigenvalue weighted by molar-refractivity contribution is -0.123. The summed E-state index contributed by atoms with van der Waals surface area (Å²) >= 11 is 0. The largest absolute Gasteiger partial charge is 0.350 e. The molecule has 33 heavy (non-hydrogen) atoms. The predicted octanol–water partition coefficient (Wildman–Crippen LogP) is 5.82. The highest BCUT2D eigenvalue weighted by Crippen LogP contribution is 2.30. The molecule has 1 saturated heterocycles. The van der Waals surface area contributed by atoms with Crippen LogP contribution in [-0.4, -0.2) is 29.1 Å². The lowest BCUT2D eigenvalue weighted by Gasteiger charge is -2.38. The lowest BCUT2D eigenvalue weighted by Crippen LogP contribution is -2.56. The Labute approximate surface area is 197 Å². The zero-order chi connectivity index (χ0) is 22.6. The molecule has 1 aliphatic heterocycles. The Morgan fingerprint density at radius 1 is 0.970 bits per heavy atom. The molecule has 1 amide bonds. The molecule has 0 bridgehead atoms. The van der Waals surface area contributed by atoms with Gasteiger partial charge in [-0.1, -0.05) is 67.6 Å². The molecule has 2 unspecified atom stereocenters. The Kier molecular flexibility index (Phi) is 6.82. The van der Waals surface area contributed by atoms with Crippen molar-refractivity contribution in [2.45, 2.75) is 76.9 Å². The van der Waals surface area contributed by atoms with Gasteiger partial charge in [0, 0.05) is 23.8 Å². The molecule has 0 spiro atoms. The summed E-state index contributed by atoms with van der Waals surface area (Å²) in [5.74, 6) is 0.740. The van der Waals surface area contributed by atoms with E-state index in [1.54, 1.807) is 0 Å². The number of aryl methyl sites for hydroxylation is 1. The minimum Gasteiger partial charge on any atom is -0.350 e. The maximum absolute atomic E-state index is 13.3. The molecule has 2 aromatic carbocycles. The van der Waals surface area contributed by atoms with E-state index < -0.39 is 0 Å². The molecule has 5 rings (SSSR count). The van der Waals surface area contributed by atoms with Crippen LogP contribution in [0.15, 0.2) is 54.7 Å². The number of carbonyl (C=O) groups excluding carboxylic acids is 1. The summed E-state index contributed by atoms with van der Waals surface area (Å²) in [6.45, 7) is 3.56. The fourth-order valence-electron chi connectivity index (χ4n) is 5.86. The molecular formula is C29H37N3O. The van der Waals surface area contributed by atoms with Crippen LogP contribution < -0.4 is 10.6 Å². The number of nitrogens with zero attached hydrogens (tertiary/aromatic N) is 1. The average molecular weight is 444 g/mol. The molecule has 2 heterocycles. The Balaban J connectivity index is 1.33. The van der Waals surface area contributed by atoms with E-state index in [-0.39, 0.29) is 11.9 Å². The van der Waals surface area contributed by atoms with Crippen LogP contribution in [0.25, 0.3) is 22.0 Å². The Morgan fingerprint density at radius 3 is 2.48 bits per heavy atom. The Morgan fingerprint density at radius 2 is 1.73 bits per heavy atom. The van der Waals surface area contributed by atoms with Crippen molar-refractivity contribution in [3.05, 3.63) is 60.3 Å². The van der Waals surface area contributed by atoms with Gasteiger partial charge in [0.15, 0.2) is 0 Å². The standard InChI is InChI=1S/C29H37N3O/c1-21-10-12-22(13-11-21)25-15-14-23-16-18-32(27(23)19-25)20-28(33)31-29(24-7-3-2-4-8-24)26-9-5-6-17-30-26/h10-16,18-19,24,26,29-30H,2-9,17,20H2,1H3,(H,31,33). The zero-order valence-electron chi connectivity index (χ0n) is 19.9. The molecule has 1 aromatic heterocycles. The number of hydrogen-bond donors (Lipinski definition) is 2. The van der Waals surface area contributed by atoms with Crippen molar-refractivity contribution >= 4 is 16.8 Å². The van der Waals surface area contributed by atoms with Crippen LogP contribution in [0.4, 0.5) is 0 Å². The van der Waals surface area contributed by atoms with Crippen molar-refractivity contribution in [3.8, 4) is 11.1 Å². The van der Waals surface area contributed by atoms with Gasteiger partial charge in [-0.25, -0.2) is 0 Å². The van der Waals surface area contributed by atoms with Crippen molar-refractivity contribution in [1.29, 1.82) is 0 Å². The summed E-state index contributed by atoms with van der Waals surface area (Å²) in [7, 11) is 0. The van der Waals surface area contributed by atoms with Crippen molar-refractivity contribution < 1.29 is 4.79 Å². The average Bonchev–Trinajstić information content (AvgIpc) is 3.26. The number of benzene rings is 2. The van der Waals surface area contributed by atoms with Crippen LogP contribution in [-0.2, 0) is 11.3 Å². The fourth-order valence-corrected chi connectivity index (χ4v) is 5.86. The van der Waals surface area contributed by atoms with Gasteiger partial charge in [0.25, 0.3) is 0 Å². The van der Waals surface area contributed by atoms with Gasteiger partial charge < -0.3 is 15.2 Å².